The van der Waals surface area contributed by atoms with Crippen LogP contribution in [-0.2, 0) is 0 Å². The Bertz CT molecular complexity index is 1170. The van der Waals surface area contributed by atoms with Crippen LogP contribution < -0.4 is 11.0 Å². The van der Waals surface area contributed by atoms with Gasteiger partial charge in [0.05, 0.1) is 23.1 Å². The Balaban J connectivity index is 1.69. The summed E-state index contributed by atoms with van der Waals surface area (Å²) in [4.78, 5) is 24.4. The first kappa shape index (κ1) is 15.3. The van der Waals surface area contributed by atoms with Gasteiger partial charge >= 0.3 is 5.69 Å². The number of nitrogens with zero attached hydrogens (tertiary/aromatic N) is 4. The Morgan fingerprint density at radius 3 is 2.85 bits per heavy atom. The lowest BCUT2D eigenvalue weighted by Crippen LogP contribution is -2.33. The number of aromatic amines is 1. The van der Waals surface area contributed by atoms with Crippen molar-refractivity contribution < 1.29 is 4.39 Å². The topological polar surface area (TPSA) is 80.0 Å². The van der Waals surface area contributed by atoms with Gasteiger partial charge in [0, 0.05) is 12.2 Å². The number of pyridine rings is 2. The van der Waals surface area contributed by atoms with E-state index in [4.69, 9.17) is 4.98 Å². The summed E-state index contributed by atoms with van der Waals surface area (Å²) in [5.41, 5.74) is 3.18. The Morgan fingerprint density at radius 2 is 2.00 bits per heavy atom. The van der Waals surface area contributed by atoms with E-state index < -0.39 is 0 Å². The van der Waals surface area contributed by atoms with Gasteiger partial charge in [-0.25, -0.2) is 19.2 Å². The second kappa shape index (κ2) is 5.77. The van der Waals surface area contributed by atoms with Crippen LogP contribution in [-0.4, -0.2) is 37.0 Å². The number of imidazole rings is 2. The highest BCUT2D eigenvalue weighted by atomic mass is 19.1. The summed E-state index contributed by atoms with van der Waals surface area (Å²) in [5.74, 6) is -0.342. The molecular weight excluding hydrogens is 335 g/mol. The van der Waals surface area contributed by atoms with Crippen molar-refractivity contribution in [3.8, 4) is 11.4 Å². The minimum absolute atomic E-state index is 0.125. The first-order chi connectivity index (χ1) is 12.7. The molecule has 1 aliphatic rings. The van der Waals surface area contributed by atoms with Crippen LogP contribution in [0.15, 0.2) is 41.5 Å². The predicted octanol–water partition coefficient (Wildman–Crippen LogP) is 2.10. The van der Waals surface area contributed by atoms with Gasteiger partial charge in [-0.2, -0.15) is 0 Å². The van der Waals surface area contributed by atoms with Gasteiger partial charge in [0.15, 0.2) is 5.65 Å². The molecule has 0 atom stereocenters. The number of halogens is 1. The van der Waals surface area contributed by atoms with E-state index in [9.17, 15) is 9.18 Å². The van der Waals surface area contributed by atoms with Crippen molar-refractivity contribution in [1.29, 1.82) is 0 Å². The van der Waals surface area contributed by atoms with E-state index in [-0.39, 0.29) is 17.5 Å². The van der Waals surface area contributed by atoms with Gasteiger partial charge in [-0.1, -0.05) is 0 Å². The molecule has 0 saturated carbocycles. The summed E-state index contributed by atoms with van der Waals surface area (Å²) >= 11 is 0. The Labute approximate surface area is 147 Å². The van der Waals surface area contributed by atoms with Gasteiger partial charge in [0.1, 0.15) is 11.5 Å². The largest absolute Gasteiger partial charge is 0.327 e. The van der Waals surface area contributed by atoms with Gasteiger partial charge in [0.25, 0.3) is 0 Å². The number of piperidine rings is 1. The zero-order chi connectivity index (χ0) is 17.7. The third kappa shape index (κ3) is 2.33. The molecule has 4 aromatic heterocycles. The molecule has 0 spiro atoms. The van der Waals surface area contributed by atoms with Crippen LogP contribution in [0.2, 0.25) is 0 Å². The predicted molar refractivity (Wildman–Crippen MR) is 95.6 cm³/mol. The average Bonchev–Trinajstić information content (AvgIpc) is 3.21. The smallest absolute Gasteiger partial charge is 0.317 e. The Hall–Kier alpha value is -3.00. The highest BCUT2D eigenvalue weighted by molar-refractivity contribution is 5.75. The molecule has 5 heterocycles. The molecule has 1 fully saturated rings. The highest BCUT2D eigenvalue weighted by Crippen LogP contribution is 2.25. The second-order valence-electron chi connectivity index (χ2n) is 6.57. The summed E-state index contributed by atoms with van der Waals surface area (Å²) in [7, 11) is 0. The summed E-state index contributed by atoms with van der Waals surface area (Å²) in [5, 5.41) is 3.31. The van der Waals surface area contributed by atoms with Crippen molar-refractivity contribution in [1.82, 2.24) is 29.2 Å². The van der Waals surface area contributed by atoms with Crippen LogP contribution in [0, 0.1) is 5.82 Å². The van der Waals surface area contributed by atoms with E-state index >= 15 is 0 Å². The Morgan fingerprint density at radius 1 is 1.15 bits per heavy atom. The zero-order valence-corrected chi connectivity index (χ0v) is 13.9. The molecule has 132 valence electrons. The van der Waals surface area contributed by atoms with Gasteiger partial charge in [-0.05, 0) is 50.2 Å². The molecule has 1 saturated heterocycles. The third-order valence-electron chi connectivity index (χ3n) is 4.97. The van der Waals surface area contributed by atoms with Gasteiger partial charge in [-0.15, -0.1) is 0 Å². The fourth-order valence-corrected chi connectivity index (χ4v) is 3.69. The van der Waals surface area contributed by atoms with Crippen molar-refractivity contribution in [2.75, 3.05) is 13.1 Å². The monoisotopic (exact) mass is 352 g/mol. The number of nitrogens with one attached hydrogen (secondary N) is 2. The maximum absolute atomic E-state index is 13.6. The molecule has 1 aliphatic heterocycles. The molecule has 7 nitrogen and oxygen atoms in total. The molecule has 0 aromatic carbocycles. The fraction of sp³-hybridized carbons (Fsp3) is 0.278. The number of fused-ring (bicyclic) bond motifs is 2. The molecule has 8 heteroatoms. The molecule has 2 N–H and O–H groups in total. The molecule has 0 aliphatic carbocycles. The lowest BCUT2D eigenvalue weighted by atomic mass is 10.1. The molecule has 0 unspecified atom stereocenters. The van der Waals surface area contributed by atoms with Gasteiger partial charge < -0.3 is 10.3 Å². The van der Waals surface area contributed by atoms with Crippen molar-refractivity contribution in [3.05, 3.63) is 53.0 Å². The van der Waals surface area contributed by atoms with E-state index in [1.54, 1.807) is 21.2 Å². The number of aromatic nitrogens is 5. The highest BCUT2D eigenvalue weighted by Gasteiger charge is 2.21. The number of rotatable bonds is 2. The first-order valence-corrected chi connectivity index (χ1v) is 8.66. The first-order valence-electron chi connectivity index (χ1n) is 8.66. The van der Waals surface area contributed by atoms with Crippen LogP contribution in [0.25, 0.3) is 28.2 Å². The van der Waals surface area contributed by atoms with Crippen LogP contribution >= 0.6 is 0 Å². The third-order valence-corrected chi connectivity index (χ3v) is 4.97. The zero-order valence-electron chi connectivity index (χ0n) is 13.9. The lowest BCUT2D eigenvalue weighted by Gasteiger charge is -2.23. The van der Waals surface area contributed by atoms with Crippen molar-refractivity contribution >= 4 is 16.8 Å². The molecule has 0 amide bonds. The summed E-state index contributed by atoms with van der Waals surface area (Å²) < 4.78 is 17.1. The van der Waals surface area contributed by atoms with E-state index in [1.165, 1.54) is 12.3 Å². The normalized spacial score (nSPS) is 15.9. The quantitative estimate of drug-likeness (QED) is 0.579. The summed E-state index contributed by atoms with van der Waals surface area (Å²) in [6, 6.07) is 6.79. The maximum atomic E-state index is 13.6. The summed E-state index contributed by atoms with van der Waals surface area (Å²) in [6.07, 6.45) is 4.84. The van der Waals surface area contributed by atoms with Crippen molar-refractivity contribution in [2.24, 2.45) is 0 Å². The Kier molecular flexibility index (Phi) is 3.39. The molecule has 0 bridgehead atoms. The van der Waals surface area contributed by atoms with Crippen LogP contribution in [0.1, 0.15) is 18.9 Å². The standard InChI is InChI=1S/C18H17FN6O/c19-11-1-4-16-21-9-15(24(16)10-11)13-2-3-14-17(22-13)25(18(26)23-14)12-5-7-20-8-6-12/h1-4,9-10,12,20H,5-8H2,(H,23,26). The van der Waals surface area contributed by atoms with E-state index in [1.807, 2.05) is 12.1 Å². The van der Waals surface area contributed by atoms with E-state index in [2.05, 4.69) is 15.3 Å². The summed E-state index contributed by atoms with van der Waals surface area (Å²) in [6.45, 7) is 1.77. The molecule has 4 aromatic rings. The van der Waals surface area contributed by atoms with Crippen LogP contribution in [0.4, 0.5) is 4.39 Å². The van der Waals surface area contributed by atoms with Crippen LogP contribution in [0.5, 0.6) is 0 Å². The van der Waals surface area contributed by atoms with Gasteiger partial charge in [0.2, 0.25) is 0 Å². The van der Waals surface area contributed by atoms with Gasteiger partial charge in [-0.3, -0.25) is 8.97 Å². The molecule has 0 radical (unpaired) electrons. The van der Waals surface area contributed by atoms with E-state index in [0.29, 0.717) is 28.2 Å². The SMILES string of the molecule is O=c1[nH]c2ccc(-c3cnc4ccc(F)cn34)nc2n1C1CCNCC1. The van der Waals surface area contributed by atoms with Crippen LogP contribution in [0.3, 0.4) is 0 Å². The lowest BCUT2D eigenvalue weighted by molar-refractivity contribution is 0.367. The minimum Gasteiger partial charge on any atom is -0.317 e. The molecular formula is C18H17FN6O. The molecule has 5 rings (SSSR count). The minimum atomic E-state index is -0.342. The number of hydrogen-bond donors (Lipinski definition) is 2. The number of H-pyrrole nitrogens is 1. The second-order valence-corrected chi connectivity index (χ2v) is 6.57. The van der Waals surface area contributed by atoms with Crippen molar-refractivity contribution in [3.63, 3.8) is 0 Å². The number of hydrogen-bond acceptors (Lipinski definition) is 4. The van der Waals surface area contributed by atoms with Crippen molar-refractivity contribution in [2.45, 2.75) is 18.9 Å². The molecule has 26 heavy (non-hydrogen) atoms. The van der Waals surface area contributed by atoms with E-state index in [0.717, 1.165) is 25.9 Å². The maximum Gasteiger partial charge on any atom is 0.327 e. The fourth-order valence-electron chi connectivity index (χ4n) is 3.69. The average molecular weight is 352 g/mol.